The fourth-order valence-corrected chi connectivity index (χ4v) is 2.25. The summed E-state index contributed by atoms with van der Waals surface area (Å²) in [6, 6.07) is -1.75. The number of hydrogen-bond donors (Lipinski definition) is 8. The zero-order chi connectivity index (χ0) is 22.6. The van der Waals surface area contributed by atoms with Gasteiger partial charge < -0.3 is 42.1 Å². The first-order valence-corrected chi connectivity index (χ1v) is 9.32. The molecule has 0 spiro atoms. The zero-order valence-corrected chi connectivity index (χ0v) is 16.6. The van der Waals surface area contributed by atoms with Crippen LogP contribution in [-0.2, 0) is 19.2 Å². The Morgan fingerprint density at radius 1 is 1.07 bits per heavy atom. The van der Waals surface area contributed by atoms with Gasteiger partial charge in [0.05, 0.1) is 37.8 Å². The van der Waals surface area contributed by atoms with Crippen molar-refractivity contribution in [2.75, 3.05) is 19.7 Å². The van der Waals surface area contributed by atoms with Gasteiger partial charge in [-0.05, 0) is 12.3 Å². The molecule has 3 amide bonds. The number of carbonyl (C=O) groups is 4. The summed E-state index contributed by atoms with van der Waals surface area (Å²) in [6.45, 7) is 2.47. The Morgan fingerprint density at radius 2 is 1.69 bits per heavy atom. The molecule has 168 valence electrons. The fraction of sp³-hybridized carbons (Fsp3) is 0.765. The molecule has 0 rings (SSSR count). The van der Waals surface area contributed by atoms with Gasteiger partial charge in [-0.3, -0.25) is 19.2 Å². The van der Waals surface area contributed by atoms with E-state index in [-0.39, 0.29) is 25.3 Å². The summed E-state index contributed by atoms with van der Waals surface area (Å²) < 4.78 is 0. The lowest BCUT2D eigenvalue weighted by Gasteiger charge is -2.23. The number of rotatable bonds is 14. The molecular weight excluding hydrogens is 388 g/mol. The van der Waals surface area contributed by atoms with Crippen LogP contribution in [0.5, 0.6) is 0 Å². The first-order chi connectivity index (χ1) is 13.5. The molecule has 0 fully saturated rings. The predicted octanol–water partition coefficient (Wildman–Crippen LogP) is -3.34. The minimum atomic E-state index is -1.87. The average Bonchev–Trinajstić information content (AvgIpc) is 2.68. The lowest BCUT2D eigenvalue weighted by molar-refractivity contribution is -0.138. The first-order valence-electron chi connectivity index (χ1n) is 9.32. The lowest BCUT2D eigenvalue weighted by atomic mass is 9.99. The Morgan fingerprint density at radius 3 is 2.21 bits per heavy atom. The largest absolute Gasteiger partial charge is 0.481 e. The highest BCUT2D eigenvalue weighted by molar-refractivity contribution is 5.87. The molecule has 0 aliphatic carbocycles. The van der Waals surface area contributed by atoms with E-state index in [0.717, 1.165) is 0 Å². The van der Waals surface area contributed by atoms with E-state index in [0.29, 0.717) is 6.42 Å². The summed E-state index contributed by atoms with van der Waals surface area (Å²) in [4.78, 5) is 45.8. The number of hydrogen-bond acceptors (Lipinski definition) is 8. The van der Waals surface area contributed by atoms with Crippen molar-refractivity contribution in [2.24, 2.45) is 11.7 Å². The van der Waals surface area contributed by atoms with Crippen molar-refractivity contribution in [3.8, 4) is 0 Å². The second-order valence-corrected chi connectivity index (χ2v) is 6.76. The third kappa shape index (κ3) is 10.7. The molecule has 0 aromatic carbocycles. The Hall–Kier alpha value is -2.28. The second kappa shape index (κ2) is 13.8. The molecule has 0 aliphatic heterocycles. The van der Waals surface area contributed by atoms with E-state index in [4.69, 9.17) is 10.8 Å². The summed E-state index contributed by atoms with van der Waals surface area (Å²) >= 11 is 0. The third-order valence-electron chi connectivity index (χ3n) is 4.37. The Kier molecular flexibility index (Phi) is 12.7. The van der Waals surface area contributed by atoms with Crippen LogP contribution < -0.4 is 21.7 Å². The molecule has 0 bridgehead atoms. The minimum Gasteiger partial charge on any atom is -0.481 e. The molecule has 29 heavy (non-hydrogen) atoms. The predicted molar refractivity (Wildman–Crippen MR) is 101 cm³/mol. The van der Waals surface area contributed by atoms with Crippen molar-refractivity contribution < 1.29 is 39.6 Å². The normalized spacial score (nSPS) is 16.1. The smallest absolute Gasteiger partial charge is 0.305 e. The van der Waals surface area contributed by atoms with Crippen LogP contribution in [0.15, 0.2) is 0 Å². The van der Waals surface area contributed by atoms with Crippen molar-refractivity contribution in [1.29, 1.82) is 0 Å². The fourth-order valence-electron chi connectivity index (χ4n) is 2.25. The first kappa shape index (κ1) is 26.7. The van der Waals surface area contributed by atoms with Crippen LogP contribution in [0.1, 0.15) is 33.1 Å². The number of carbonyl (C=O) groups excluding carboxylic acids is 3. The van der Waals surface area contributed by atoms with E-state index < -0.39 is 61.1 Å². The van der Waals surface area contributed by atoms with Gasteiger partial charge in [0.25, 0.3) is 5.91 Å². The highest BCUT2D eigenvalue weighted by Crippen LogP contribution is 2.05. The van der Waals surface area contributed by atoms with Gasteiger partial charge in [0.15, 0.2) is 6.10 Å². The number of aliphatic hydroxyl groups is 3. The van der Waals surface area contributed by atoms with Crippen LogP contribution in [0.3, 0.4) is 0 Å². The van der Waals surface area contributed by atoms with Crippen LogP contribution >= 0.6 is 0 Å². The van der Waals surface area contributed by atoms with Crippen molar-refractivity contribution in [3.63, 3.8) is 0 Å². The SMILES string of the molecule is CCC(C)C(N)C(=O)NCC(=O)NC(CO)CC(O)[C@H](O)C(=O)NCCC(=O)O. The van der Waals surface area contributed by atoms with Crippen molar-refractivity contribution in [1.82, 2.24) is 16.0 Å². The molecular formula is C17H32N4O8. The average molecular weight is 420 g/mol. The van der Waals surface area contributed by atoms with E-state index in [9.17, 15) is 34.5 Å². The maximum absolute atomic E-state index is 11.9. The topological polar surface area (TPSA) is 211 Å². The Labute approximate surface area is 168 Å². The molecule has 0 saturated carbocycles. The van der Waals surface area contributed by atoms with Crippen molar-refractivity contribution >= 4 is 23.7 Å². The molecule has 0 heterocycles. The number of nitrogens with two attached hydrogens (primary N) is 1. The van der Waals surface area contributed by atoms with Crippen LogP contribution in [-0.4, -0.2) is 88.1 Å². The summed E-state index contributed by atoms with van der Waals surface area (Å²) in [5.41, 5.74) is 5.75. The minimum absolute atomic E-state index is 0.0680. The number of aliphatic hydroxyl groups excluding tert-OH is 3. The van der Waals surface area contributed by atoms with E-state index >= 15 is 0 Å². The summed E-state index contributed by atoms with van der Waals surface area (Å²) in [7, 11) is 0. The molecule has 0 aliphatic rings. The van der Waals surface area contributed by atoms with Gasteiger partial charge in [-0.15, -0.1) is 0 Å². The highest BCUT2D eigenvalue weighted by atomic mass is 16.4. The summed E-state index contributed by atoms with van der Waals surface area (Å²) in [6.07, 6.45) is -3.50. The second-order valence-electron chi connectivity index (χ2n) is 6.76. The van der Waals surface area contributed by atoms with Crippen molar-refractivity contribution in [2.45, 2.75) is 57.4 Å². The number of aliphatic carboxylic acids is 1. The van der Waals surface area contributed by atoms with E-state index in [1.807, 2.05) is 6.92 Å². The third-order valence-corrected chi connectivity index (χ3v) is 4.37. The van der Waals surface area contributed by atoms with Gasteiger partial charge in [0.1, 0.15) is 0 Å². The van der Waals surface area contributed by atoms with E-state index in [2.05, 4.69) is 16.0 Å². The van der Waals surface area contributed by atoms with E-state index in [1.165, 1.54) is 0 Å². The number of amides is 3. The molecule has 0 saturated heterocycles. The highest BCUT2D eigenvalue weighted by Gasteiger charge is 2.27. The monoisotopic (exact) mass is 420 g/mol. The molecule has 0 aromatic rings. The number of carboxylic acid groups (broad SMARTS) is 1. The summed E-state index contributed by atoms with van der Waals surface area (Å²) in [5.74, 6) is -3.33. The van der Waals surface area contributed by atoms with Crippen LogP contribution in [0.4, 0.5) is 0 Å². The van der Waals surface area contributed by atoms with Gasteiger partial charge in [-0.1, -0.05) is 20.3 Å². The summed E-state index contributed by atoms with van der Waals surface area (Å²) in [5, 5.41) is 44.4. The Balaban J connectivity index is 4.45. The van der Waals surface area contributed by atoms with Gasteiger partial charge in [0.2, 0.25) is 11.8 Å². The maximum Gasteiger partial charge on any atom is 0.305 e. The molecule has 4 unspecified atom stereocenters. The van der Waals surface area contributed by atoms with Crippen LogP contribution in [0, 0.1) is 5.92 Å². The molecule has 12 heteroatoms. The lowest BCUT2D eigenvalue weighted by Crippen LogP contribution is -2.51. The van der Waals surface area contributed by atoms with Gasteiger partial charge in [-0.2, -0.15) is 0 Å². The zero-order valence-electron chi connectivity index (χ0n) is 16.6. The Bertz CT molecular complexity index is 560. The molecule has 12 nitrogen and oxygen atoms in total. The molecule has 0 radical (unpaired) electrons. The van der Waals surface area contributed by atoms with Gasteiger partial charge >= 0.3 is 5.97 Å². The van der Waals surface area contributed by atoms with Gasteiger partial charge in [0, 0.05) is 6.54 Å². The van der Waals surface area contributed by atoms with E-state index in [1.54, 1.807) is 6.92 Å². The number of carboxylic acids is 1. The quantitative estimate of drug-likeness (QED) is 0.141. The number of nitrogens with one attached hydrogen (secondary N) is 3. The molecule has 5 atom stereocenters. The van der Waals surface area contributed by atoms with Crippen LogP contribution in [0.2, 0.25) is 0 Å². The maximum atomic E-state index is 11.9. The molecule has 0 aromatic heterocycles. The van der Waals surface area contributed by atoms with Crippen LogP contribution in [0.25, 0.3) is 0 Å². The standard InChI is InChI=1S/C17H32N4O8/c1-3-9(2)14(18)16(28)20-7-12(24)21-10(8-22)6-11(23)15(27)17(29)19-5-4-13(25)26/h9-11,14-15,22-23,27H,3-8,18H2,1-2H3,(H,19,29)(H,20,28)(H,21,24)(H,25,26)/t9?,10?,11?,14?,15-/m0/s1. The molecule has 9 N–H and O–H groups in total. The van der Waals surface area contributed by atoms with Crippen molar-refractivity contribution in [3.05, 3.63) is 0 Å². The van der Waals surface area contributed by atoms with Gasteiger partial charge in [-0.25, -0.2) is 0 Å².